The van der Waals surface area contributed by atoms with Crippen molar-refractivity contribution in [3.63, 3.8) is 0 Å². The summed E-state index contributed by atoms with van der Waals surface area (Å²) >= 11 is 0. The van der Waals surface area contributed by atoms with Gasteiger partial charge in [-0.25, -0.2) is 4.79 Å². The highest BCUT2D eigenvalue weighted by molar-refractivity contribution is 5.85. The summed E-state index contributed by atoms with van der Waals surface area (Å²) in [6.45, 7) is 10.9. The minimum absolute atomic E-state index is 0.156. The van der Waals surface area contributed by atoms with Crippen molar-refractivity contribution in [2.75, 3.05) is 13.2 Å². The number of ether oxygens (including phenoxy) is 3. The van der Waals surface area contributed by atoms with E-state index in [1.807, 2.05) is 20.8 Å². The topological polar surface area (TPSA) is 61.8 Å². The highest BCUT2D eigenvalue weighted by Gasteiger charge is 2.42. The van der Waals surface area contributed by atoms with Gasteiger partial charge in [0.2, 0.25) is 0 Å². The fourth-order valence-corrected chi connectivity index (χ4v) is 1.60. The van der Waals surface area contributed by atoms with Gasteiger partial charge in [0, 0.05) is 0 Å². The molecule has 0 aliphatic heterocycles. The number of carbonyl (C=O) groups excluding carboxylic acids is 2. The van der Waals surface area contributed by atoms with Crippen molar-refractivity contribution >= 4 is 11.9 Å². The molecule has 0 bridgehead atoms. The van der Waals surface area contributed by atoms with Crippen LogP contribution in [0.2, 0.25) is 0 Å². The zero-order chi connectivity index (χ0) is 14.4. The smallest absolute Gasteiger partial charge is 0.338 e. The first-order valence-corrected chi connectivity index (χ1v) is 6.17. The number of rotatable bonds is 6. The van der Waals surface area contributed by atoms with E-state index < -0.39 is 23.1 Å². The lowest BCUT2D eigenvalue weighted by Gasteiger charge is -2.33. The predicted molar refractivity (Wildman–Crippen MR) is 67.1 cm³/mol. The minimum atomic E-state index is -1.32. The second kappa shape index (κ2) is 6.73. The van der Waals surface area contributed by atoms with E-state index in [2.05, 4.69) is 0 Å². The van der Waals surface area contributed by atoms with Crippen LogP contribution in [0, 0.1) is 0 Å². The van der Waals surface area contributed by atoms with Crippen molar-refractivity contribution in [3.05, 3.63) is 0 Å². The highest BCUT2D eigenvalue weighted by atomic mass is 16.6. The summed E-state index contributed by atoms with van der Waals surface area (Å²) in [5.41, 5.74) is -1.88. The van der Waals surface area contributed by atoms with Gasteiger partial charge in [-0.2, -0.15) is 0 Å². The predicted octanol–water partition coefficient (Wildman–Crippen LogP) is 2.08. The zero-order valence-electron chi connectivity index (χ0n) is 12.2. The summed E-state index contributed by atoms with van der Waals surface area (Å²) in [4.78, 5) is 23.5. The van der Waals surface area contributed by atoms with Crippen LogP contribution >= 0.6 is 0 Å². The Bertz CT molecular complexity index is 292. The molecule has 0 aliphatic carbocycles. The molecule has 5 heteroatoms. The molecule has 0 aromatic carbocycles. The van der Waals surface area contributed by atoms with Crippen LogP contribution in [0.3, 0.4) is 0 Å². The van der Waals surface area contributed by atoms with Gasteiger partial charge in [0.1, 0.15) is 0 Å². The van der Waals surface area contributed by atoms with Crippen LogP contribution in [0.1, 0.15) is 48.0 Å². The van der Waals surface area contributed by atoms with Gasteiger partial charge in [-0.1, -0.05) is 0 Å². The van der Waals surface area contributed by atoms with Crippen LogP contribution in [0.5, 0.6) is 0 Å². The largest absolute Gasteiger partial charge is 0.466 e. The van der Waals surface area contributed by atoms with E-state index >= 15 is 0 Å². The maximum Gasteiger partial charge on any atom is 0.338 e. The average molecular weight is 260 g/mol. The quantitative estimate of drug-likeness (QED) is 0.684. The first-order valence-electron chi connectivity index (χ1n) is 6.17. The van der Waals surface area contributed by atoms with E-state index in [1.165, 1.54) is 0 Å². The molecule has 0 aromatic heterocycles. The second-order valence-corrected chi connectivity index (χ2v) is 5.15. The second-order valence-electron chi connectivity index (χ2n) is 5.15. The lowest BCUT2D eigenvalue weighted by Crippen LogP contribution is -2.47. The summed E-state index contributed by atoms with van der Waals surface area (Å²) in [6.07, 6.45) is -0.156. The molecule has 106 valence electrons. The van der Waals surface area contributed by atoms with Gasteiger partial charge in [-0.15, -0.1) is 0 Å². The number of hydrogen-bond acceptors (Lipinski definition) is 5. The standard InChI is InChI=1S/C13H24O5/c1-7-16-10(14)9-13(6,11(15)17-8-2)18-12(3,4)5/h7-9H2,1-6H3. The number of carbonyl (C=O) groups is 2. The zero-order valence-corrected chi connectivity index (χ0v) is 12.2. The lowest BCUT2D eigenvalue weighted by atomic mass is 10.0. The van der Waals surface area contributed by atoms with E-state index in [0.29, 0.717) is 0 Å². The van der Waals surface area contributed by atoms with Crippen molar-refractivity contribution in [1.29, 1.82) is 0 Å². The summed E-state index contributed by atoms with van der Waals surface area (Å²) in [5.74, 6) is -1.02. The Morgan fingerprint density at radius 1 is 0.944 bits per heavy atom. The highest BCUT2D eigenvalue weighted by Crippen LogP contribution is 2.25. The molecule has 0 saturated carbocycles. The third-order valence-corrected chi connectivity index (χ3v) is 2.03. The molecule has 0 amide bonds. The fraction of sp³-hybridized carbons (Fsp3) is 0.846. The first kappa shape index (κ1) is 16.9. The van der Waals surface area contributed by atoms with Crippen molar-refractivity contribution in [1.82, 2.24) is 0 Å². The maximum atomic E-state index is 11.9. The number of hydrogen-bond donors (Lipinski definition) is 0. The van der Waals surface area contributed by atoms with Gasteiger partial charge in [0.15, 0.2) is 5.60 Å². The van der Waals surface area contributed by atoms with E-state index in [0.717, 1.165) is 0 Å². The first-order chi connectivity index (χ1) is 8.14. The molecule has 0 radical (unpaired) electrons. The lowest BCUT2D eigenvalue weighted by molar-refractivity contribution is -0.192. The van der Waals surface area contributed by atoms with E-state index in [9.17, 15) is 9.59 Å². The van der Waals surface area contributed by atoms with Crippen LogP contribution in [0.15, 0.2) is 0 Å². The molecule has 1 atom stereocenters. The molecule has 0 heterocycles. The molecule has 1 unspecified atom stereocenters. The maximum absolute atomic E-state index is 11.9. The van der Waals surface area contributed by atoms with Gasteiger partial charge in [-0.05, 0) is 41.5 Å². The van der Waals surface area contributed by atoms with Crippen molar-refractivity contribution in [3.8, 4) is 0 Å². The van der Waals surface area contributed by atoms with Gasteiger partial charge in [0.05, 0.1) is 25.2 Å². The SMILES string of the molecule is CCOC(=O)CC(C)(OC(C)(C)C)C(=O)OCC. The molecule has 0 N–H and O–H groups in total. The third-order valence-electron chi connectivity index (χ3n) is 2.03. The molecule has 5 nitrogen and oxygen atoms in total. The van der Waals surface area contributed by atoms with E-state index in [4.69, 9.17) is 14.2 Å². The van der Waals surface area contributed by atoms with Crippen molar-refractivity contribution in [2.45, 2.75) is 59.2 Å². The molecular formula is C13H24O5. The molecule has 0 rings (SSSR count). The van der Waals surface area contributed by atoms with Crippen LogP contribution < -0.4 is 0 Å². The molecular weight excluding hydrogens is 236 g/mol. The van der Waals surface area contributed by atoms with Gasteiger partial charge < -0.3 is 14.2 Å². The molecule has 0 spiro atoms. The normalized spacial score (nSPS) is 14.8. The Hall–Kier alpha value is -1.10. The number of esters is 2. The minimum Gasteiger partial charge on any atom is -0.466 e. The monoisotopic (exact) mass is 260 g/mol. The van der Waals surface area contributed by atoms with Crippen LogP contribution in [-0.2, 0) is 23.8 Å². The Morgan fingerprint density at radius 3 is 1.83 bits per heavy atom. The third kappa shape index (κ3) is 6.00. The summed E-state index contributed by atoms with van der Waals surface area (Å²) < 4.78 is 15.5. The summed E-state index contributed by atoms with van der Waals surface area (Å²) in [5, 5.41) is 0. The molecule has 18 heavy (non-hydrogen) atoms. The van der Waals surface area contributed by atoms with Gasteiger partial charge >= 0.3 is 11.9 Å². The molecule has 0 fully saturated rings. The summed E-state index contributed by atoms with van der Waals surface area (Å²) in [6, 6.07) is 0. The van der Waals surface area contributed by atoms with E-state index in [-0.39, 0.29) is 19.6 Å². The Labute approximate surface area is 109 Å². The molecule has 0 aromatic rings. The molecule has 0 saturated heterocycles. The van der Waals surface area contributed by atoms with Crippen LogP contribution in [0.4, 0.5) is 0 Å². The van der Waals surface area contributed by atoms with Gasteiger partial charge in [0.25, 0.3) is 0 Å². The Kier molecular flexibility index (Phi) is 6.32. The average Bonchev–Trinajstić information content (AvgIpc) is 2.14. The van der Waals surface area contributed by atoms with Crippen molar-refractivity contribution in [2.24, 2.45) is 0 Å². The summed E-state index contributed by atoms with van der Waals surface area (Å²) in [7, 11) is 0. The Balaban J connectivity index is 4.91. The van der Waals surface area contributed by atoms with Crippen molar-refractivity contribution < 1.29 is 23.8 Å². The van der Waals surface area contributed by atoms with Crippen LogP contribution in [0.25, 0.3) is 0 Å². The Morgan fingerprint density at radius 2 is 1.44 bits per heavy atom. The van der Waals surface area contributed by atoms with E-state index in [1.54, 1.807) is 20.8 Å². The fourth-order valence-electron chi connectivity index (χ4n) is 1.60. The van der Waals surface area contributed by atoms with Crippen LogP contribution in [-0.4, -0.2) is 36.4 Å². The van der Waals surface area contributed by atoms with Gasteiger partial charge in [-0.3, -0.25) is 4.79 Å². The molecule has 0 aliphatic rings.